The molecule has 5 heteroatoms. The zero-order valence-electron chi connectivity index (χ0n) is 12.6. The standard InChI is InChI=1S/C18H17N3O2/c19-11-21-13-6-7-15(21)14(10-13)20-18(22)17-9-8-16(23-17)12-4-2-1-3-5-12/h1-5,8-9,13-15H,6-7,10H2,(H,20,22)/t13-,14+,15+/m0/s1. The van der Waals surface area contributed by atoms with Crippen LogP contribution in [0.4, 0.5) is 0 Å². The van der Waals surface area contributed by atoms with E-state index in [0.717, 1.165) is 24.8 Å². The van der Waals surface area contributed by atoms with Gasteiger partial charge in [0.1, 0.15) is 5.76 Å². The molecule has 2 fully saturated rings. The minimum absolute atomic E-state index is 0.0335. The lowest BCUT2D eigenvalue weighted by Gasteiger charge is -2.21. The van der Waals surface area contributed by atoms with Crippen LogP contribution in [-0.2, 0) is 0 Å². The number of rotatable bonds is 3. The van der Waals surface area contributed by atoms with Crippen molar-refractivity contribution in [1.29, 1.82) is 5.26 Å². The van der Waals surface area contributed by atoms with E-state index in [4.69, 9.17) is 4.42 Å². The zero-order chi connectivity index (χ0) is 15.8. The van der Waals surface area contributed by atoms with Gasteiger partial charge < -0.3 is 14.6 Å². The second-order valence-electron chi connectivity index (χ2n) is 6.15. The van der Waals surface area contributed by atoms with Crippen molar-refractivity contribution < 1.29 is 9.21 Å². The summed E-state index contributed by atoms with van der Waals surface area (Å²) in [6.07, 6.45) is 5.11. The number of hydrogen-bond donors (Lipinski definition) is 1. The van der Waals surface area contributed by atoms with Crippen LogP contribution < -0.4 is 5.32 Å². The SMILES string of the molecule is N#CN1[C@H]2CC[C@@H]1[C@H](NC(=O)c1ccc(-c3ccccc3)o1)C2. The van der Waals surface area contributed by atoms with Crippen LogP contribution in [0.25, 0.3) is 11.3 Å². The molecule has 0 spiro atoms. The Balaban J connectivity index is 1.47. The van der Waals surface area contributed by atoms with E-state index >= 15 is 0 Å². The molecular formula is C18H17N3O2. The van der Waals surface area contributed by atoms with E-state index in [9.17, 15) is 10.1 Å². The highest BCUT2D eigenvalue weighted by Gasteiger charge is 2.46. The molecular weight excluding hydrogens is 290 g/mol. The summed E-state index contributed by atoms with van der Waals surface area (Å²) in [6, 6.07) is 13.7. The number of benzene rings is 1. The molecule has 116 valence electrons. The van der Waals surface area contributed by atoms with Crippen molar-refractivity contribution in [2.24, 2.45) is 0 Å². The summed E-state index contributed by atoms with van der Waals surface area (Å²) in [7, 11) is 0. The summed E-state index contributed by atoms with van der Waals surface area (Å²) in [6.45, 7) is 0. The first-order valence-electron chi connectivity index (χ1n) is 7.90. The lowest BCUT2D eigenvalue weighted by atomic mass is 9.95. The maximum Gasteiger partial charge on any atom is 0.287 e. The van der Waals surface area contributed by atoms with Crippen molar-refractivity contribution >= 4 is 5.91 Å². The molecule has 2 bridgehead atoms. The molecule has 2 aromatic rings. The molecule has 5 nitrogen and oxygen atoms in total. The Morgan fingerprint density at radius 3 is 2.78 bits per heavy atom. The number of carbonyl (C=O) groups is 1. The van der Waals surface area contributed by atoms with Gasteiger partial charge >= 0.3 is 0 Å². The number of nitrogens with one attached hydrogen (secondary N) is 1. The molecule has 2 aliphatic heterocycles. The third-order valence-corrected chi connectivity index (χ3v) is 4.86. The Bertz CT molecular complexity index is 762. The number of nitriles is 1. The number of amides is 1. The molecule has 2 aliphatic rings. The van der Waals surface area contributed by atoms with Gasteiger partial charge in [-0.25, -0.2) is 0 Å². The van der Waals surface area contributed by atoms with Crippen molar-refractivity contribution in [2.75, 3.05) is 0 Å². The average Bonchev–Trinajstić information content (AvgIpc) is 3.29. The number of nitrogens with zero attached hydrogens (tertiary/aromatic N) is 2. The number of hydrogen-bond acceptors (Lipinski definition) is 4. The summed E-state index contributed by atoms with van der Waals surface area (Å²) in [5.41, 5.74) is 0.946. The third-order valence-electron chi connectivity index (χ3n) is 4.86. The normalized spacial score (nSPS) is 25.3. The molecule has 3 heterocycles. The van der Waals surface area contributed by atoms with Gasteiger partial charge in [-0.05, 0) is 31.4 Å². The van der Waals surface area contributed by atoms with Crippen molar-refractivity contribution in [3.63, 3.8) is 0 Å². The minimum Gasteiger partial charge on any atom is -0.451 e. The van der Waals surface area contributed by atoms with Crippen LogP contribution in [0, 0.1) is 11.5 Å². The van der Waals surface area contributed by atoms with Crippen molar-refractivity contribution in [1.82, 2.24) is 10.2 Å². The molecule has 0 saturated carbocycles. The highest BCUT2D eigenvalue weighted by Crippen LogP contribution is 2.37. The molecule has 4 rings (SSSR count). The van der Waals surface area contributed by atoms with E-state index in [1.807, 2.05) is 41.3 Å². The van der Waals surface area contributed by atoms with Gasteiger partial charge in [0, 0.05) is 11.6 Å². The smallest absolute Gasteiger partial charge is 0.287 e. The fraction of sp³-hybridized carbons (Fsp3) is 0.333. The minimum atomic E-state index is -0.206. The molecule has 1 N–H and O–H groups in total. The second-order valence-corrected chi connectivity index (χ2v) is 6.15. The highest BCUT2D eigenvalue weighted by atomic mass is 16.3. The maximum absolute atomic E-state index is 12.4. The maximum atomic E-state index is 12.4. The van der Waals surface area contributed by atoms with Crippen molar-refractivity contribution in [3.05, 3.63) is 48.2 Å². The van der Waals surface area contributed by atoms with Crippen molar-refractivity contribution in [2.45, 2.75) is 37.4 Å². The molecule has 2 saturated heterocycles. The Hall–Kier alpha value is -2.74. The lowest BCUT2D eigenvalue weighted by Crippen LogP contribution is -2.43. The van der Waals surface area contributed by atoms with Gasteiger partial charge in [-0.1, -0.05) is 30.3 Å². The van der Waals surface area contributed by atoms with Gasteiger partial charge in [0.15, 0.2) is 12.0 Å². The zero-order valence-corrected chi connectivity index (χ0v) is 12.6. The van der Waals surface area contributed by atoms with E-state index in [1.54, 1.807) is 6.07 Å². The number of carbonyl (C=O) groups excluding carboxylic acids is 1. The van der Waals surface area contributed by atoms with Gasteiger partial charge in [-0.2, -0.15) is 5.26 Å². The first-order chi connectivity index (χ1) is 11.3. The summed E-state index contributed by atoms with van der Waals surface area (Å²) in [5, 5.41) is 12.2. The van der Waals surface area contributed by atoms with E-state index in [-0.39, 0.29) is 24.0 Å². The van der Waals surface area contributed by atoms with Gasteiger partial charge in [0.05, 0.1) is 12.1 Å². The molecule has 0 radical (unpaired) electrons. The van der Waals surface area contributed by atoms with Gasteiger partial charge in [-0.3, -0.25) is 4.79 Å². The summed E-state index contributed by atoms with van der Waals surface area (Å²) < 4.78 is 5.68. The van der Waals surface area contributed by atoms with Crippen molar-refractivity contribution in [3.8, 4) is 17.5 Å². The predicted octanol–water partition coefficient (Wildman–Crippen LogP) is 2.76. The van der Waals surface area contributed by atoms with Crippen LogP contribution in [0.5, 0.6) is 0 Å². The van der Waals surface area contributed by atoms with Crippen LogP contribution >= 0.6 is 0 Å². The third kappa shape index (κ3) is 2.36. The van der Waals surface area contributed by atoms with Crippen LogP contribution in [0.3, 0.4) is 0 Å². The molecule has 1 aromatic carbocycles. The Labute approximate surface area is 134 Å². The number of furan rings is 1. The lowest BCUT2D eigenvalue weighted by molar-refractivity contribution is 0.0901. The first kappa shape index (κ1) is 13.9. The molecule has 3 atom stereocenters. The fourth-order valence-electron chi connectivity index (χ4n) is 3.76. The fourth-order valence-corrected chi connectivity index (χ4v) is 3.76. The highest BCUT2D eigenvalue weighted by molar-refractivity contribution is 5.92. The Kier molecular flexibility index (Phi) is 3.30. The number of fused-ring (bicyclic) bond motifs is 2. The molecule has 23 heavy (non-hydrogen) atoms. The largest absolute Gasteiger partial charge is 0.451 e. The van der Waals surface area contributed by atoms with E-state index in [0.29, 0.717) is 11.5 Å². The molecule has 0 unspecified atom stereocenters. The molecule has 1 aromatic heterocycles. The second kappa shape index (κ2) is 5.47. The predicted molar refractivity (Wildman–Crippen MR) is 84.3 cm³/mol. The topological polar surface area (TPSA) is 69.3 Å². The summed E-state index contributed by atoms with van der Waals surface area (Å²) >= 11 is 0. The van der Waals surface area contributed by atoms with Crippen LogP contribution in [-0.4, -0.2) is 28.9 Å². The molecule has 1 amide bonds. The van der Waals surface area contributed by atoms with Gasteiger partial charge in [0.25, 0.3) is 5.91 Å². The first-order valence-corrected chi connectivity index (χ1v) is 7.90. The van der Waals surface area contributed by atoms with E-state index < -0.39 is 0 Å². The summed E-state index contributed by atoms with van der Waals surface area (Å²) in [4.78, 5) is 14.2. The van der Waals surface area contributed by atoms with Crippen LogP contribution in [0.1, 0.15) is 29.8 Å². The Morgan fingerprint density at radius 2 is 2.04 bits per heavy atom. The molecule has 0 aliphatic carbocycles. The van der Waals surface area contributed by atoms with E-state index in [1.165, 1.54) is 0 Å². The van der Waals surface area contributed by atoms with Crippen LogP contribution in [0.2, 0.25) is 0 Å². The van der Waals surface area contributed by atoms with E-state index in [2.05, 4.69) is 11.5 Å². The summed E-state index contributed by atoms with van der Waals surface area (Å²) in [5.74, 6) is 0.792. The van der Waals surface area contributed by atoms with Gasteiger partial charge in [0.2, 0.25) is 0 Å². The average molecular weight is 307 g/mol. The van der Waals surface area contributed by atoms with Gasteiger partial charge in [-0.15, -0.1) is 0 Å². The Morgan fingerprint density at radius 1 is 1.22 bits per heavy atom. The quantitative estimate of drug-likeness (QED) is 0.885. The monoisotopic (exact) mass is 307 g/mol. The van der Waals surface area contributed by atoms with Crippen LogP contribution in [0.15, 0.2) is 46.9 Å².